The largest absolute Gasteiger partial charge is 0.379 e. The number of hydrogen-bond donors (Lipinski definition) is 1. The third kappa shape index (κ3) is 4.60. The monoisotopic (exact) mass is 352 g/mol. The van der Waals surface area contributed by atoms with Gasteiger partial charge in [0, 0.05) is 31.2 Å². The summed E-state index contributed by atoms with van der Waals surface area (Å²) >= 11 is 6.19. The van der Waals surface area contributed by atoms with E-state index < -0.39 is 0 Å². The zero-order chi connectivity index (χ0) is 16.8. The summed E-state index contributed by atoms with van der Waals surface area (Å²) in [6.45, 7) is 6.91. The van der Waals surface area contributed by atoms with Crippen LogP contribution >= 0.6 is 11.6 Å². The van der Waals surface area contributed by atoms with Gasteiger partial charge in [-0.15, -0.1) is 0 Å². The van der Waals surface area contributed by atoms with Crippen LogP contribution in [0.2, 0.25) is 5.02 Å². The highest BCUT2D eigenvalue weighted by Gasteiger charge is 2.23. The lowest BCUT2D eigenvalue weighted by Crippen LogP contribution is -2.45. The van der Waals surface area contributed by atoms with E-state index in [9.17, 15) is 0 Å². The first kappa shape index (κ1) is 17.5. The van der Waals surface area contributed by atoms with Crippen LogP contribution in [0, 0.1) is 0 Å². The molecule has 1 atom stereocenters. The molecule has 132 valence electrons. The molecule has 0 bridgehead atoms. The summed E-state index contributed by atoms with van der Waals surface area (Å²) in [5.41, 5.74) is 7.35. The van der Waals surface area contributed by atoms with E-state index in [2.05, 4.69) is 20.9 Å². The summed E-state index contributed by atoms with van der Waals surface area (Å²) in [5.74, 6) is 0.596. The number of ether oxygens (including phenoxy) is 2. The van der Waals surface area contributed by atoms with E-state index in [1.807, 2.05) is 18.2 Å². The molecule has 1 unspecified atom stereocenters. The van der Waals surface area contributed by atoms with Crippen LogP contribution in [0.25, 0.3) is 0 Å². The van der Waals surface area contributed by atoms with E-state index in [0.29, 0.717) is 25.7 Å². The van der Waals surface area contributed by atoms with Gasteiger partial charge in [-0.25, -0.2) is 0 Å². The van der Waals surface area contributed by atoms with E-state index in [-0.39, 0.29) is 6.04 Å². The van der Waals surface area contributed by atoms with Crippen LogP contribution in [-0.2, 0) is 9.47 Å². The van der Waals surface area contributed by atoms with Crippen molar-refractivity contribution in [2.75, 3.05) is 59.2 Å². The number of guanidine groups is 1. The van der Waals surface area contributed by atoms with Gasteiger partial charge in [0.1, 0.15) is 0 Å². The molecule has 0 radical (unpaired) electrons. The predicted molar refractivity (Wildman–Crippen MR) is 95.5 cm³/mol. The molecule has 0 saturated carbocycles. The maximum atomic E-state index is 6.19. The van der Waals surface area contributed by atoms with Gasteiger partial charge in [-0.2, -0.15) is 0 Å². The number of morpholine rings is 2. The fraction of sp³-hybridized carbons (Fsp3) is 0.588. The summed E-state index contributed by atoms with van der Waals surface area (Å²) in [6, 6.07) is 8.16. The Morgan fingerprint density at radius 3 is 2.46 bits per heavy atom. The van der Waals surface area contributed by atoms with Gasteiger partial charge in [0.15, 0.2) is 5.96 Å². The van der Waals surface area contributed by atoms with Gasteiger partial charge < -0.3 is 20.1 Å². The Hall–Kier alpha value is -1.34. The quantitative estimate of drug-likeness (QED) is 0.655. The van der Waals surface area contributed by atoms with Gasteiger partial charge in [0.25, 0.3) is 0 Å². The van der Waals surface area contributed by atoms with Crippen LogP contribution in [0.15, 0.2) is 29.3 Å². The number of aliphatic imine (C=N–C) groups is 1. The first-order valence-electron chi connectivity index (χ1n) is 8.44. The normalized spacial score (nSPS) is 21.7. The Kier molecular flexibility index (Phi) is 6.31. The number of hydrogen-bond acceptors (Lipinski definition) is 4. The van der Waals surface area contributed by atoms with Crippen molar-refractivity contribution in [1.29, 1.82) is 0 Å². The van der Waals surface area contributed by atoms with Gasteiger partial charge in [-0.1, -0.05) is 23.7 Å². The summed E-state index contributed by atoms with van der Waals surface area (Å²) in [4.78, 5) is 9.14. The van der Waals surface area contributed by atoms with Gasteiger partial charge in [-0.05, 0) is 17.7 Å². The van der Waals surface area contributed by atoms with E-state index in [0.717, 1.165) is 44.4 Å². The second kappa shape index (κ2) is 8.67. The molecule has 1 aromatic carbocycles. The third-order valence-electron chi connectivity index (χ3n) is 4.48. The minimum atomic E-state index is 0.159. The fourth-order valence-corrected chi connectivity index (χ4v) is 3.31. The van der Waals surface area contributed by atoms with E-state index >= 15 is 0 Å². The van der Waals surface area contributed by atoms with Crippen molar-refractivity contribution in [3.05, 3.63) is 34.9 Å². The van der Waals surface area contributed by atoms with Crippen LogP contribution in [0.3, 0.4) is 0 Å². The van der Waals surface area contributed by atoms with E-state index in [1.54, 1.807) is 0 Å². The molecule has 2 fully saturated rings. The Labute approximate surface area is 148 Å². The van der Waals surface area contributed by atoms with E-state index in [1.165, 1.54) is 5.56 Å². The van der Waals surface area contributed by atoms with E-state index in [4.69, 9.17) is 26.8 Å². The number of nitrogens with two attached hydrogens (primary N) is 1. The van der Waals surface area contributed by atoms with Crippen molar-refractivity contribution >= 4 is 17.6 Å². The first-order chi connectivity index (χ1) is 11.7. The maximum absolute atomic E-state index is 6.19. The first-order valence-corrected chi connectivity index (χ1v) is 8.82. The highest BCUT2D eigenvalue weighted by Crippen LogP contribution is 2.25. The highest BCUT2D eigenvalue weighted by atomic mass is 35.5. The summed E-state index contributed by atoms with van der Waals surface area (Å²) < 4.78 is 10.8. The van der Waals surface area contributed by atoms with Crippen LogP contribution in [-0.4, -0.2) is 74.9 Å². The molecule has 0 amide bonds. The predicted octanol–water partition coefficient (Wildman–Crippen LogP) is 1.36. The molecular weight excluding hydrogens is 328 g/mol. The lowest BCUT2D eigenvalue weighted by Gasteiger charge is -2.34. The molecule has 2 saturated heterocycles. The average molecular weight is 353 g/mol. The highest BCUT2D eigenvalue weighted by molar-refractivity contribution is 6.30. The van der Waals surface area contributed by atoms with Crippen molar-refractivity contribution in [1.82, 2.24) is 9.80 Å². The Morgan fingerprint density at radius 2 is 1.79 bits per heavy atom. The lowest BCUT2D eigenvalue weighted by atomic mass is 10.0. The van der Waals surface area contributed by atoms with Crippen molar-refractivity contribution in [2.24, 2.45) is 10.7 Å². The number of nitrogens with zero attached hydrogens (tertiary/aromatic N) is 3. The molecule has 2 aliphatic rings. The van der Waals surface area contributed by atoms with Crippen molar-refractivity contribution in [3.8, 4) is 0 Å². The standard InChI is InChI=1S/C17H25ClN4O2/c18-15-3-1-2-14(12-15)16(21-4-8-23-9-5-21)13-20-17(19)22-6-10-24-11-7-22/h1-3,12,16H,4-11,13H2,(H2,19,20). The second-order valence-corrected chi connectivity index (χ2v) is 6.45. The molecular formula is C17H25ClN4O2. The summed E-state index contributed by atoms with van der Waals surface area (Å²) in [6.07, 6.45) is 0. The van der Waals surface area contributed by atoms with Gasteiger partial charge >= 0.3 is 0 Å². The van der Waals surface area contributed by atoms with Gasteiger partial charge in [0.2, 0.25) is 0 Å². The molecule has 24 heavy (non-hydrogen) atoms. The van der Waals surface area contributed by atoms with Crippen LogP contribution in [0.5, 0.6) is 0 Å². The van der Waals surface area contributed by atoms with Gasteiger partial charge in [-0.3, -0.25) is 9.89 Å². The molecule has 0 aliphatic carbocycles. The zero-order valence-corrected chi connectivity index (χ0v) is 14.6. The van der Waals surface area contributed by atoms with Crippen molar-refractivity contribution in [3.63, 3.8) is 0 Å². The molecule has 7 heteroatoms. The number of benzene rings is 1. The van der Waals surface area contributed by atoms with Crippen molar-refractivity contribution < 1.29 is 9.47 Å². The molecule has 0 aromatic heterocycles. The van der Waals surface area contributed by atoms with Crippen LogP contribution in [0.4, 0.5) is 0 Å². The number of rotatable bonds is 4. The summed E-state index contributed by atoms with van der Waals surface area (Å²) in [5, 5.41) is 0.746. The zero-order valence-electron chi connectivity index (χ0n) is 13.9. The molecule has 2 heterocycles. The minimum absolute atomic E-state index is 0.159. The second-order valence-electron chi connectivity index (χ2n) is 6.02. The molecule has 3 rings (SSSR count). The Morgan fingerprint density at radius 1 is 1.12 bits per heavy atom. The Balaban J connectivity index is 1.73. The van der Waals surface area contributed by atoms with Crippen molar-refractivity contribution in [2.45, 2.75) is 6.04 Å². The molecule has 6 nitrogen and oxygen atoms in total. The smallest absolute Gasteiger partial charge is 0.191 e. The lowest BCUT2D eigenvalue weighted by molar-refractivity contribution is 0.0178. The molecule has 2 aliphatic heterocycles. The van der Waals surface area contributed by atoms with Crippen LogP contribution in [0.1, 0.15) is 11.6 Å². The van der Waals surface area contributed by atoms with Crippen LogP contribution < -0.4 is 5.73 Å². The summed E-state index contributed by atoms with van der Waals surface area (Å²) in [7, 11) is 0. The Bertz CT molecular complexity index is 557. The fourth-order valence-electron chi connectivity index (χ4n) is 3.11. The third-order valence-corrected chi connectivity index (χ3v) is 4.72. The molecule has 2 N–H and O–H groups in total. The maximum Gasteiger partial charge on any atom is 0.191 e. The molecule has 1 aromatic rings. The number of halogens is 1. The minimum Gasteiger partial charge on any atom is -0.379 e. The topological polar surface area (TPSA) is 63.3 Å². The van der Waals surface area contributed by atoms with Gasteiger partial charge in [0.05, 0.1) is 39.0 Å². The molecule has 0 spiro atoms. The SMILES string of the molecule is NC(=NCC(c1cccc(Cl)c1)N1CCOCC1)N1CCOCC1. The average Bonchev–Trinajstić information content (AvgIpc) is 2.63.